The van der Waals surface area contributed by atoms with Crippen LogP contribution >= 0.6 is 0 Å². The molecule has 1 saturated carbocycles. The van der Waals surface area contributed by atoms with Gasteiger partial charge in [0.25, 0.3) is 0 Å². The molecule has 0 radical (unpaired) electrons. The molecule has 1 rings (SSSR count). The molecule has 0 bridgehead atoms. The zero-order chi connectivity index (χ0) is 11.4. The molecule has 0 heteroatoms. The Morgan fingerprint density at radius 1 is 1.40 bits per heavy atom. The van der Waals surface area contributed by atoms with E-state index in [-0.39, 0.29) is 0 Å². The van der Waals surface area contributed by atoms with Crippen LogP contribution in [0.1, 0.15) is 59.8 Å². The van der Waals surface area contributed by atoms with Crippen molar-refractivity contribution in [1.82, 2.24) is 0 Å². The average molecular weight is 208 g/mol. The Kier molecular flexibility index (Phi) is 4.89. The summed E-state index contributed by atoms with van der Waals surface area (Å²) in [7, 11) is 0. The van der Waals surface area contributed by atoms with Gasteiger partial charge in [0.2, 0.25) is 0 Å². The van der Waals surface area contributed by atoms with E-state index in [0.29, 0.717) is 5.92 Å². The van der Waals surface area contributed by atoms with Crippen LogP contribution in [0.15, 0.2) is 12.2 Å². The summed E-state index contributed by atoms with van der Waals surface area (Å²) >= 11 is 0. The van der Waals surface area contributed by atoms with Crippen LogP contribution in [-0.2, 0) is 0 Å². The lowest BCUT2D eigenvalue weighted by molar-refractivity contribution is 0.168. The predicted molar refractivity (Wildman–Crippen MR) is 68.9 cm³/mol. The number of hydrogen-bond donors (Lipinski definition) is 0. The van der Waals surface area contributed by atoms with Gasteiger partial charge in [-0.15, -0.1) is 0 Å². The highest BCUT2D eigenvalue weighted by Gasteiger charge is 2.27. The van der Waals surface area contributed by atoms with Crippen molar-refractivity contribution < 1.29 is 0 Å². The molecule has 0 aromatic carbocycles. The van der Waals surface area contributed by atoms with Gasteiger partial charge < -0.3 is 0 Å². The summed E-state index contributed by atoms with van der Waals surface area (Å²) in [5, 5.41) is 0. The van der Waals surface area contributed by atoms with E-state index in [1.165, 1.54) is 37.7 Å². The van der Waals surface area contributed by atoms with Gasteiger partial charge in [-0.1, -0.05) is 52.2 Å². The highest BCUT2D eigenvalue weighted by Crippen LogP contribution is 2.39. The SMILES string of the molecule is C=C(C)C(C)CC1CC(CC)CCC1C. The first-order chi connectivity index (χ1) is 7.04. The molecule has 0 heterocycles. The molecule has 15 heavy (non-hydrogen) atoms. The molecule has 0 N–H and O–H groups in total. The largest absolute Gasteiger partial charge is 0.0999 e. The second kappa shape index (κ2) is 5.72. The van der Waals surface area contributed by atoms with Gasteiger partial charge in [0.05, 0.1) is 0 Å². The van der Waals surface area contributed by atoms with E-state index in [1.54, 1.807) is 0 Å². The minimum atomic E-state index is 0.716. The second-order valence-corrected chi connectivity index (χ2v) is 5.81. The smallest absolute Gasteiger partial charge is 0.0234 e. The van der Waals surface area contributed by atoms with E-state index in [2.05, 4.69) is 34.3 Å². The summed E-state index contributed by atoms with van der Waals surface area (Å²) in [5.74, 6) is 3.61. The van der Waals surface area contributed by atoms with E-state index >= 15 is 0 Å². The van der Waals surface area contributed by atoms with Crippen LogP contribution in [0.25, 0.3) is 0 Å². The first kappa shape index (κ1) is 12.8. The van der Waals surface area contributed by atoms with E-state index in [9.17, 15) is 0 Å². The molecule has 88 valence electrons. The van der Waals surface area contributed by atoms with Crippen molar-refractivity contribution in [1.29, 1.82) is 0 Å². The van der Waals surface area contributed by atoms with E-state index < -0.39 is 0 Å². The summed E-state index contributed by atoms with van der Waals surface area (Å²) in [6.45, 7) is 13.4. The van der Waals surface area contributed by atoms with Crippen LogP contribution in [0.3, 0.4) is 0 Å². The predicted octanol–water partition coefficient (Wildman–Crippen LogP) is 5.05. The van der Waals surface area contributed by atoms with Gasteiger partial charge in [-0.25, -0.2) is 0 Å². The molecule has 1 aliphatic rings. The lowest BCUT2D eigenvalue weighted by atomic mass is 9.70. The molecular weight excluding hydrogens is 180 g/mol. The lowest BCUT2D eigenvalue weighted by Gasteiger charge is -2.35. The zero-order valence-corrected chi connectivity index (χ0v) is 11.1. The number of allylic oxidation sites excluding steroid dienone is 1. The molecule has 0 spiro atoms. The molecule has 0 aliphatic heterocycles. The fourth-order valence-corrected chi connectivity index (χ4v) is 2.87. The normalized spacial score (nSPS) is 33.7. The molecule has 0 nitrogen and oxygen atoms in total. The maximum Gasteiger partial charge on any atom is -0.0234 e. The van der Waals surface area contributed by atoms with Gasteiger partial charge in [-0.05, 0) is 43.4 Å². The van der Waals surface area contributed by atoms with Crippen LogP contribution in [0.2, 0.25) is 0 Å². The molecular formula is C15H28. The van der Waals surface area contributed by atoms with Crippen LogP contribution in [0.4, 0.5) is 0 Å². The van der Waals surface area contributed by atoms with Crippen molar-refractivity contribution >= 4 is 0 Å². The molecule has 1 aliphatic carbocycles. The molecule has 4 unspecified atom stereocenters. The Morgan fingerprint density at radius 2 is 2.07 bits per heavy atom. The van der Waals surface area contributed by atoms with Crippen molar-refractivity contribution in [3.63, 3.8) is 0 Å². The Bertz CT molecular complexity index is 204. The van der Waals surface area contributed by atoms with Crippen LogP contribution in [0.5, 0.6) is 0 Å². The standard InChI is InChI=1S/C15H28/c1-6-14-8-7-12(4)15(10-14)9-13(5)11(2)3/h12-15H,2,6-10H2,1,3-5H3. The van der Waals surface area contributed by atoms with Crippen molar-refractivity contribution in [3.8, 4) is 0 Å². The van der Waals surface area contributed by atoms with Gasteiger partial charge in [0.15, 0.2) is 0 Å². The maximum atomic E-state index is 4.08. The number of rotatable bonds is 4. The zero-order valence-electron chi connectivity index (χ0n) is 11.1. The van der Waals surface area contributed by atoms with Gasteiger partial charge in [-0.3, -0.25) is 0 Å². The Labute approximate surface area is 96.2 Å². The minimum absolute atomic E-state index is 0.716. The molecule has 0 aromatic heterocycles. The van der Waals surface area contributed by atoms with E-state index in [0.717, 1.165) is 17.8 Å². The maximum absolute atomic E-state index is 4.08. The summed E-state index contributed by atoms with van der Waals surface area (Å²) in [5.41, 5.74) is 1.36. The van der Waals surface area contributed by atoms with Crippen LogP contribution in [-0.4, -0.2) is 0 Å². The van der Waals surface area contributed by atoms with Crippen molar-refractivity contribution in [3.05, 3.63) is 12.2 Å². The quantitative estimate of drug-likeness (QED) is 0.567. The first-order valence-electron chi connectivity index (χ1n) is 6.70. The fraction of sp³-hybridized carbons (Fsp3) is 0.867. The van der Waals surface area contributed by atoms with Gasteiger partial charge in [0.1, 0.15) is 0 Å². The molecule has 0 amide bonds. The monoisotopic (exact) mass is 208 g/mol. The molecule has 0 saturated heterocycles. The van der Waals surface area contributed by atoms with Crippen LogP contribution in [0, 0.1) is 23.7 Å². The lowest BCUT2D eigenvalue weighted by Crippen LogP contribution is -2.24. The first-order valence-corrected chi connectivity index (χ1v) is 6.70. The topological polar surface area (TPSA) is 0 Å². The third kappa shape index (κ3) is 3.66. The third-order valence-electron chi connectivity index (χ3n) is 4.55. The molecule has 1 fully saturated rings. The van der Waals surface area contributed by atoms with Gasteiger partial charge in [0, 0.05) is 0 Å². The van der Waals surface area contributed by atoms with Crippen LogP contribution < -0.4 is 0 Å². The fourth-order valence-electron chi connectivity index (χ4n) is 2.87. The van der Waals surface area contributed by atoms with Gasteiger partial charge in [-0.2, -0.15) is 0 Å². The third-order valence-corrected chi connectivity index (χ3v) is 4.55. The number of hydrogen-bond acceptors (Lipinski definition) is 0. The van der Waals surface area contributed by atoms with E-state index in [1.807, 2.05) is 0 Å². The van der Waals surface area contributed by atoms with Crippen molar-refractivity contribution in [2.24, 2.45) is 23.7 Å². The second-order valence-electron chi connectivity index (χ2n) is 5.81. The van der Waals surface area contributed by atoms with Crippen molar-refractivity contribution in [2.45, 2.75) is 59.8 Å². The highest BCUT2D eigenvalue weighted by atomic mass is 14.3. The van der Waals surface area contributed by atoms with Crippen molar-refractivity contribution in [2.75, 3.05) is 0 Å². The van der Waals surface area contributed by atoms with Gasteiger partial charge >= 0.3 is 0 Å². The molecule has 0 aromatic rings. The Balaban J connectivity index is 2.47. The Hall–Kier alpha value is -0.260. The summed E-state index contributed by atoms with van der Waals surface area (Å²) in [4.78, 5) is 0. The Morgan fingerprint density at radius 3 is 2.60 bits per heavy atom. The van der Waals surface area contributed by atoms with E-state index in [4.69, 9.17) is 0 Å². The summed E-state index contributed by atoms with van der Waals surface area (Å²) in [6, 6.07) is 0. The minimum Gasteiger partial charge on any atom is -0.0999 e. The molecule has 4 atom stereocenters. The summed E-state index contributed by atoms with van der Waals surface area (Å²) < 4.78 is 0. The summed E-state index contributed by atoms with van der Waals surface area (Å²) in [6.07, 6.45) is 7.13. The average Bonchev–Trinajstić information content (AvgIpc) is 2.21. The highest BCUT2D eigenvalue weighted by molar-refractivity contribution is 4.95.